The number of rotatable bonds is 2. The predicted molar refractivity (Wildman–Crippen MR) is 69.9 cm³/mol. The van der Waals surface area contributed by atoms with Crippen molar-refractivity contribution in [2.45, 2.75) is 38.3 Å². The van der Waals surface area contributed by atoms with Crippen LogP contribution in [0.1, 0.15) is 26.7 Å². The summed E-state index contributed by atoms with van der Waals surface area (Å²) < 4.78 is 13.3. The molecule has 3 heteroatoms. The van der Waals surface area contributed by atoms with Crippen molar-refractivity contribution in [3.8, 4) is 0 Å². The van der Waals surface area contributed by atoms with E-state index < -0.39 is 0 Å². The van der Waals surface area contributed by atoms with Gasteiger partial charge in [-0.05, 0) is 51.9 Å². The van der Waals surface area contributed by atoms with Gasteiger partial charge in [0.05, 0.1) is 0 Å². The van der Waals surface area contributed by atoms with Gasteiger partial charge in [0.25, 0.3) is 0 Å². The summed E-state index contributed by atoms with van der Waals surface area (Å²) in [7, 11) is 2.00. The molecule has 1 N–H and O–H groups in total. The number of likely N-dealkylation sites (N-methyl/N-ethyl adjacent to an activating group) is 1. The molecule has 94 valence electrons. The fraction of sp³-hybridized carbons (Fsp3) is 0.571. The molecule has 1 atom stereocenters. The second-order valence-corrected chi connectivity index (χ2v) is 5.27. The molecule has 1 fully saturated rings. The summed E-state index contributed by atoms with van der Waals surface area (Å²) in [5.41, 5.74) is 0.996. The molecule has 0 aliphatic carbocycles. The van der Waals surface area contributed by atoms with Crippen LogP contribution < -0.4 is 10.2 Å². The largest absolute Gasteiger partial charge is 0.365 e. The highest BCUT2D eigenvalue weighted by molar-refractivity contribution is 5.50. The molecule has 0 radical (unpaired) electrons. The van der Waals surface area contributed by atoms with Crippen LogP contribution in [-0.4, -0.2) is 25.2 Å². The quantitative estimate of drug-likeness (QED) is 0.849. The molecule has 1 aliphatic rings. The number of hydrogen-bond donors (Lipinski definition) is 1. The van der Waals surface area contributed by atoms with Gasteiger partial charge in [-0.2, -0.15) is 0 Å². The van der Waals surface area contributed by atoms with Crippen LogP contribution in [0.5, 0.6) is 0 Å². The van der Waals surface area contributed by atoms with Crippen molar-refractivity contribution in [1.82, 2.24) is 5.32 Å². The Morgan fingerprint density at radius 3 is 2.82 bits per heavy atom. The Morgan fingerprint density at radius 1 is 1.41 bits per heavy atom. The van der Waals surface area contributed by atoms with Crippen molar-refractivity contribution in [2.24, 2.45) is 0 Å². The normalized spacial score (nSPS) is 23.8. The molecular weight excluding hydrogens is 215 g/mol. The summed E-state index contributed by atoms with van der Waals surface area (Å²) in [5, 5.41) is 3.37. The van der Waals surface area contributed by atoms with Gasteiger partial charge in [0.1, 0.15) is 5.82 Å². The summed E-state index contributed by atoms with van der Waals surface area (Å²) in [6, 6.07) is 7.34. The standard InChI is InChI=1S/C14H21FN2/c1-14(2)13(16-3)8-5-9-17(14)12-7-4-6-11(15)10-12/h4,6-7,10,13,16H,5,8-9H2,1-3H3. The molecule has 0 spiro atoms. The van der Waals surface area contributed by atoms with Gasteiger partial charge < -0.3 is 10.2 Å². The second-order valence-electron chi connectivity index (χ2n) is 5.27. The first-order valence-corrected chi connectivity index (χ1v) is 6.26. The van der Waals surface area contributed by atoms with Gasteiger partial charge in [0.2, 0.25) is 0 Å². The van der Waals surface area contributed by atoms with Crippen LogP contribution in [0.2, 0.25) is 0 Å². The Bertz CT molecular complexity index is 390. The predicted octanol–water partition coefficient (Wildman–Crippen LogP) is 2.79. The third-order valence-electron chi connectivity index (χ3n) is 3.89. The van der Waals surface area contributed by atoms with Crippen LogP contribution in [-0.2, 0) is 0 Å². The van der Waals surface area contributed by atoms with E-state index >= 15 is 0 Å². The molecule has 0 aromatic heterocycles. The minimum Gasteiger partial charge on any atom is -0.365 e. The lowest BCUT2D eigenvalue weighted by molar-refractivity contribution is 0.275. The van der Waals surface area contributed by atoms with Crippen molar-refractivity contribution in [3.05, 3.63) is 30.1 Å². The van der Waals surface area contributed by atoms with E-state index in [0.717, 1.165) is 18.7 Å². The van der Waals surface area contributed by atoms with E-state index in [4.69, 9.17) is 0 Å². The van der Waals surface area contributed by atoms with Gasteiger partial charge in [-0.3, -0.25) is 0 Å². The molecule has 2 nitrogen and oxygen atoms in total. The number of anilines is 1. The van der Waals surface area contributed by atoms with Crippen LogP contribution in [0.3, 0.4) is 0 Å². The van der Waals surface area contributed by atoms with E-state index in [1.54, 1.807) is 12.1 Å². The smallest absolute Gasteiger partial charge is 0.125 e. The number of piperidine rings is 1. The van der Waals surface area contributed by atoms with Gasteiger partial charge in [0, 0.05) is 23.8 Å². The zero-order valence-corrected chi connectivity index (χ0v) is 10.8. The lowest BCUT2D eigenvalue weighted by Crippen LogP contribution is -2.60. The number of benzene rings is 1. The molecule has 0 bridgehead atoms. The third kappa shape index (κ3) is 2.29. The molecular formula is C14H21FN2. The van der Waals surface area contributed by atoms with Gasteiger partial charge >= 0.3 is 0 Å². The summed E-state index contributed by atoms with van der Waals surface area (Å²) >= 11 is 0. The molecule has 1 unspecified atom stereocenters. The number of hydrogen-bond acceptors (Lipinski definition) is 2. The van der Waals surface area contributed by atoms with Crippen LogP contribution in [0, 0.1) is 5.82 Å². The second kappa shape index (κ2) is 4.65. The van der Waals surface area contributed by atoms with E-state index in [1.807, 2.05) is 13.1 Å². The number of nitrogens with one attached hydrogen (secondary N) is 1. The Hall–Kier alpha value is -1.09. The highest BCUT2D eigenvalue weighted by atomic mass is 19.1. The molecule has 1 heterocycles. The zero-order valence-electron chi connectivity index (χ0n) is 10.8. The Labute approximate surface area is 103 Å². The van der Waals surface area contributed by atoms with Crippen molar-refractivity contribution < 1.29 is 4.39 Å². The summed E-state index contributed by atoms with van der Waals surface area (Å²) in [4.78, 5) is 2.31. The molecule has 1 saturated heterocycles. The lowest BCUT2D eigenvalue weighted by atomic mass is 9.84. The van der Waals surface area contributed by atoms with E-state index in [2.05, 4.69) is 24.1 Å². The minimum absolute atomic E-state index is 0.0147. The Kier molecular flexibility index (Phi) is 3.38. The number of halogens is 1. The van der Waals surface area contributed by atoms with Crippen molar-refractivity contribution in [1.29, 1.82) is 0 Å². The summed E-state index contributed by atoms with van der Waals surface area (Å²) in [6.07, 6.45) is 2.32. The van der Waals surface area contributed by atoms with E-state index in [9.17, 15) is 4.39 Å². The topological polar surface area (TPSA) is 15.3 Å². The molecule has 2 rings (SSSR count). The first-order chi connectivity index (χ1) is 8.05. The molecule has 1 aromatic rings. The van der Waals surface area contributed by atoms with Crippen molar-refractivity contribution >= 4 is 5.69 Å². The Balaban J connectivity index is 2.31. The van der Waals surface area contributed by atoms with Crippen LogP contribution in [0.25, 0.3) is 0 Å². The monoisotopic (exact) mass is 236 g/mol. The molecule has 1 aromatic carbocycles. The summed E-state index contributed by atoms with van der Waals surface area (Å²) in [6.45, 7) is 5.44. The van der Waals surface area contributed by atoms with Crippen LogP contribution in [0.4, 0.5) is 10.1 Å². The molecule has 0 saturated carbocycles. The molecule has 1 aliphatic heterocycles. The van der Waals surface area contributed by atoms with Gasteiger partial charge in [-0.1, -0.05) is 6.07 Å². The van der Waals surface area contributed by atoms with E-state index in [1.165, 1.54) is 12.5 Å². The van der Waals surface area contributed by atoms with Crippen molar-refractivity contribution in [2.75, 3.05) is 18.5 Å². The average molecular weight is 236 g/mol. The average Bonchev–Trinajstić information content (AvgIpc) is 2.28. The van der Waals surface area contributed by atoms with E-state index in [0.29, 0.717) is 6.04 Å². The fourth-order valence-corrected chi connectivity index (χ4v) is 2.89. The summed E-state index contributed by atoms with van der Waals surface area (Å²) in [5.74, 6) is -0.162. The third-order valence-corrected chi connectivity index (χ3v) is 3.89. The SMILES string of the molecule is CNC1CCCN(c2cccc(F)c2)C1(C)C. The maximum atomic E-state index is 13.3. The molecule has 0 amide bonds. The highest BCUT2D eigenvalue weighted by Crippen LogP contribution is 2.32. The van der Waals surface area contributed by atoms with E-state index in [-0.39, 0.29) is 11.4 Å². The first kappa shape index (κ1) is 12.4. The maximum absolute atomic E-state index is 13.3. The maximum Gasteiger partial charge on any atom is 0.125 e. The Morgan fingerprint density at radius 2 is 2.18 bits per heavy atom. The highest BCUT2D eigenvalue weighted by Gasteiger charge is 2.37. The van der Waals surface area contributed by atoms with Crippen molar-refractivity contribution in [3.63, 3.8) is 0 Å². The lowest BCUT2D eigenvalue weighted by Gasteiger charge is -2.49. The minimum atomic E-state index is -0.162. The first-order valence-electron chi connectivity index (χ1n) is 6.26. The van der Waals surface area contributed by atoms with Gasteiger partial charge in [0.15, 0.2) is 0 Å². The van der Waals surface area contributed by atoms with Gasteiger partial charge in [-0.15, -0.1) is 0 Å². The number of nitrogens with zero attached hydrogens (tertiary/aromatic N) is 1. The van der Waals surface area contributed by atoms with Crippen LogP contribution >= 0.6 is 0 Å². The van der Waals surface area contributed by atoms with Crippen LogP contribution in [0.15, 0.2) is 24.3 Å². The fourth-order valence-electron chi connectivity index (χ4n) is 2.89. The molecule has 17 heavy (non-hydrogen) atoms. The zero-order chi connectivity index (χ0) is 12.5. The van der Waals surface area contributed by atoms with Gasteiger partial charge in [-0.25, -0.2) is 4.39 Å².